The van der Waals surface area contributed by atoms with E-state index in [2.05, 4.69) is 44.7 Å². The fourth-order valence-electron chi connectivity index (χ4n) is 3.59. The highest BCUT2D eigenvalue weighted by Gasteiger charge is 1.96. The van der Waals surface area contributed by atoms with Crippen LogP contribution in [0.15, 0.2) is 36.9 Å². The Hall–Kier alpha value is -1.32. The van der Waals surface area contributed by atoms with Crippen LogP contribution in [-0.2, 0) is 0 Å². The number of aryl methyl sites for hydroxylation is 1. The molecule has 0 aliphatic carbocycles. The normalized spacial score (nSPS) is 9.40. The molecule has 0 radical (unpaired) electrons. The minimum absolute atomic E-state index is 0. The summed E-state index contributed by atoms with van der Waals surface area (Å²) in [5.74, 6) is 1.01. The average molecular weight is 495 g/mol. The van der Waals surface area contributed by atoms with E-state index >= 15 is 0 Å². The van der Waals surface area contributed by atoms with Crippen LogP contribution in [0, 0.1) is 6.92 Å². The molecule has 0 aliphatic rings. The second-order valence-corrected chi connectivity index (χ2v) is 8.83. The van der Waals surface area contributed by atoms with Crippen LogP contribution in [0.25, 0.3) is 0 Å². The summed E-state index contributed by atoms with van der Waals surface area (Å²) in [7, 11) is 0. The lowest BCUT2D eigenvalue weighted by atomic mass is 10.0. The SMILES string of the molecule is C.C=CCCN.CC.CCCCCCCCCCCCCCCCCCOc1ccc(C)cc1.N. The van der Waals surface area contributed by atoms with Crippen LogP contribution in [0.1, 0.15) is 143 Å². The van der Waals surface area contributed by atoms with E-state index in [0.717, 1.165) is 25.3 Å². The van der Waals surface area contributed by atoms with Crippen molar-refractivity contribution in [1.82, 2.24) is 6.15 Å². The van der Waals surface area contributed by atoms with Crippen molar-refractivity contribution >= 4 is 0 Å². The standard InChI is InChI=1S/C25H44O.C4H9N.C2H6.CH4.H3N/c1-3-4-5-6-7-8-9-10-11-12-13-14-15-16-17-18-23-26-25-21-19-24(2)20-22-25;1-2-3-4-5;1-2;;/h19-22H,3-18,23H2,1-2H3;2H,1,3-5H2;1-2H3;1H4;1H3. The van der Waals surface area contributed by atoms with E-state index < -0.39 is 0 Å². The molecular weight excluding hydrogens is 428 g/mol. The Kier molecular flexibility index (Phi) is 43.4. The van der Waals surface area contributed by atoms with Crippen molar-refractivity contribution in [2.24, 2.45) is 5.73 Å². The van der Waals surface area contributed by atoms with E-state index in [1.54, 1.807) is 6.08 Å². The molecular formula is C32H66N2O. The Morgan fingerprint density at radius 2 is 1.09 bits per heavy atom. The van der Waals surface area contributed by atoms with Crippen LogP contribution < -0.4 is 16.6 Å². The van der Waals surface area contributed by atoms with E-state index in [9.17, 15) is 0 Å². The van der Waals surface area contributed by atoms with Crippen molar-refractivity contribution in [1.29, 1.82) is 0 Å². The summed E-state index contributed by atoms with van der Waals surface area (Å²) < 4.78 is 5.78. The molecule has 1 aromatic rings. The summed E-state index contributed by atoms with van der Waals surface area (Å²) in [6.45, 7) is 13.5. The van der Waals surface area contributed by atoms with Gasteiger partial charge in [0.2, 0.25) is 0 Å². The zero-order valence-electron chi connectivity index (χ0n) is 23.7. The van der Waals surface area contributed by atoms with Gasteiger partial charge in [0.1, 0.15) is 5.75 Å². The van der Waals surface area contributed by atoms with Crippen molar-refractivity contribution in [2.45, 2.75) is 144 Å². The molecule has 0 amide bonds. The zero-order chi connectivity index (χ0) is 24.8. The number of rotatable bonds is 20. The molecule has 3 heteroatoms. The van der Waals surface area contributed by atoms with Crippen LogP contribution in [0.3, 0.4) is 0 Å². The Labute approximate surface area is 222 Å². The fourth-order valence-corrected chi connectivity index (χ4v) is 3.59. The van der Waals surface area contributed by atoms with Gasteiger partial charge in [0.15, 0.2) is 0 Å². The van der Waals surface area contributed by atoms with E-state index in [-0.39, 0.29) is 13.6 Å². The molecule has 0 atom stereocenters. The van der Waals surface area contributed by atoms with Crippen LogP contribution in [0.2, 0.25) is 0 Å². The molecule has 35 heavy (non-hydrogen) atoms. The number of nitrogens with two attached hydrogens (primary N) is 1. The number of hydrogen-bond acceptors (Lipinski definition) is 3. The van der Waals surface area contributed by atoms with Crippen LogP contribution in [0.4, 0.5) is 0 Å². The van der Waals surface area contributed by atoms with Crippen LogP contribution in [-0.4, -0.2) is 13.2 Å². The third-order valence-corrected chi connectivity index (χ3v) is 5.66. The highest BCUT2D eigenvalue weighted by molar-refractivity contribution is 5.26. The summed E-state index contributed by atoms with van der Waals surface area (Å²) in [6.07, 6.45) is 25.4. The third-order valence-electron chi connectivity index (χ3n) is 5.66. The Balaban J connectivity index is -0.000000473. The molecule has 3 nitrogen and oxygen atoms in total. The van der Waals surface area contributed by atoms with E-state index in [1.807, 2.05) is 13.8 Å². The fraction of sp³-hybridized carbons (Fsp3) is 0.750. The lowest BCUT2D eigenvalue weighted by molar-refractivity contribution is 0.304. The summed E-state index contributed by atoms with van der Waals surface area (Å²) in [4.78, 5) is 0. The summed E-state index contributed by atoms with van der Waals surface area (Å²) in [5, 5.41) is 0. The minimum atomic E-state index is 0. The molecule has 0 bridgehead atoms. The lowest BCUT2D eigenvalue weighted by Gasteiger charge is -2.06. The first-order valence-electron chi connectivity index (χ1n) is 14.2. The molecule has 1 rings (SSSR count). The first-order chi connectivity index (χ1) is 16.2. The van der Waals surface area contributed by atoms with E-state index in [4.69, 9.17) is 10.5 Å². The van der Waals surface area contributed by atoms with Gasteiger partial charge in [0.05, 0.1) is 6.61 Å². The van der Waals surface area contributed by atoms with E-state index in [1.165, 1.54) is 108 Å². The lowest BCUT2D eigenvalue weighted by Crippen LogP contribution is -1.97. The predicted octanol–water partition coefficient (Wildman–Crippen LogP) is 11.0. The number of benzene rings is 1. The first kappa shape index (κ1) is 40.8. The summed E-state index contributed by atoms with van der Waals surface area (Å²) in [5.41, 5.74) is 6.36. The van der Waals surface area contributed by atoms with Gasteiger partial charge in [-0.3, -0.25) is 0 Å². The van der Waals surface area contributed by atoms with E-state index in [0.29, 0.717) is 0 Å². The van der Waals surface area contributed by atoms with Crippen molar-refractivity contribution in [2.75, 3.05) is 13.2 Å². The Morgan fingerprint density at radius 3 is 1.40 bits per heavy atom. The highest BCUT2D eigenvalue weighted by Crippen LogP contribution is 2.15. The maximum absolute atomic E-state index is 5.78. The van der Waals surface area contributed by atoms with Gasteiger partial charge in [0, 0.05) is 0 Å². The van der Waals surface area contributed by atoms with Gasteiger partial charge in [-0.25, -0.2) is 0 Å². The van der Waals surface area contributed by atoms with Crippen molar-refractivity contribution in [3.05, 3.63) is 42.5 Å². The van der Waals surface area contributed by atoms with Gasteiger partial charge in [0.25, 0.3) is 0 Å². The predicted molar refractivity (Wildman–Crippen MR) is 163 cm³/mol. The molecule has 210 valence electrons. The zero-order valence-corrected chi connectivity index (χ0v) is 23.7. The number of ether oxygens (including phenoxy) is 1. The Morgan fingerprint density at radius 1 is 0.714 bits per heavy atom. The van der Waals surface area contributed by atoms with Crippen molar-refractivity contribution in [3.8, 4) is 5.75 Å². The van der Waals surface area contributed by atoms with Gasteiger partial charge in [-0.2, -0.15) is 0 Å². The van der Waals surface area contributed by atoms with Gasteiger partial charge in [-0.15, -0.1) is 6.58 Å². The van der Waals surface area contributed by atoms with Crippen molar-refractivity contribution in [3.63, 3.8) is 0 Å². The van der Waals surface area contributed by atoms with Crippen molar-refractivity contribution < 1.29 is 4.74 Å². The minimum Gasteiger partial charge on any atom is -0.494 e. The quantitative estimate of drug-likeness (QED) is 0.140. The maximum atomic E-state index is 5.78. The molecule has 0 spiro atoms. The van der Waals surface area contributed by atoms with Crippen LogP contribution in [0.5, 0.6) is 5.75 Å². The smallest absolute Gasteiger partial charge is 0.119 e. The average Bonchev–Trinajstić information content (AvgIpc) is 2.84. The maximum Gasteiger partial charge on any atom is 0.119 e. The number of unbranched alkanes of at least 4 members (excludes halogenated alkanes) is 15. The molecule has 0 heterocycles. The Bertz CT molecular complexity index is 473. The van der Waals surface area contributed by atoms with Gasteiger partial charge < -0.3 is 16.6 Å². The molecule has 0 saturated heterocycles. The van der Waals surface area contributed by atoms with Gasteiger partial charge >= 0.3 is 0 Å². The highest BCUT2D eigenvalue weighted by atomic mass is 16.5. The molecule has 0 unspecified atom stereocenters. The second kappa shape index (κ2) is 37.2. The number of hydrogen-bond donors (Lipinski definition) is 2. The molecule has 0 saturated carbocycles. The topological polar surface area (TPSA) is 70.2 Å². The van der Waals surface area contributed by atoms with Crippen LogP contribution >= 0.6 is 0 Å². The molecule has 0 fully saturated rings. The third kappa shape index (κ3) is 34.9. The summed E-state index contributed by atoms with van der Waals surface area (Å²) >= 11 is 0. The second-order valence-electron chi connectivity index (χ2n) is 8.83. The monoisotopic (exact) mass is 495 g/mol. The summed E-state index contributed by atoms with van der Waals surface area (Å²) in [6, 6.07) is 8.37. The molecule has 0 aromatic heterocycles. The molecule has 5 N–H and O–H groups in total. The molecule has 1 aromatic carbocycles. The van der Waals surface area contributed by atoms with Gasteiger partial charge in [-0.05, 0) is 38.4 Å². The largest absolute Gasteiger partial charge is 0.494 e. The first-order valence-corrected chi connectivity index (χ1v) is 14.2. The van der Waals surface area contributed by atoms with Gasteiger partial charge in [-0.1, -0.05) is 148 Å². The molecule has 0 aliphatic heterocycles.